The van der Waals surface area contributed by atoms with Gasteiger partial charge in [-0.05, 0) is 61.0 Å². The predicted octanol–water partition coefficient (Wildman–Crippen LogP) is 4.01. The quantitative estimate of drug-likeness (QED) is 0.751. The molecule has 0 radical (unpaired) electrons. The standard InChI is InChI=1S/C18H24O/c19-12-18-10-3-6-17(18)16-8-7-13-4-1-2-5-14(13)15(16)9-11-18/h3,6,8,10,13-15,19H,1-2,4-5,7,9,11-12H2/t13?,14-,15+,18-/m0/s1. The van der Waals surface area contributed by atoms with Crippen LogP contribution in [0.15, 0.2) is 35.5 Å². The highest BCUT2D eigenvalue weighted by molar-refractivity contribution is 5.50. The molecule has 0 aromatic heterocycles. The largest absolute Gasteiger partial charge is 0.395 e. The first-order valence-electron chi connectivity index (χ1n) is 8.05. The molecule has 0 amide bonds. The summed E-state index contributed by atoms with van der Waals surface area (Å²) in [5.74, 6) is 2.69. The van der Waals surface area contributed by atoms with E-state index < -0.39 is 0 Å². The van der Waals surface area contributed by atoms with Crippen molar-refractivity contribution in [2.45, 2.75) is 44.9 Å². The van der Waals surface area contributed by atoms with Gasteiger partial charge in [-0.2, -0.15) is 0 Å². The summed E-state index contributed by atoms with van der Waals surface area (Å²) in [5.41, 5.74) is 3.04. The van der Waals surface area contributed by atoms with E-state index in [4.69, 9.17) is 0 Å². The molecule has 0 bridgehead atoms. The molecule has 1 nitrogen and oxygen atoms in total. The Bertz CT molecular complexity index is 470. The van der Waals surface area contributed by atoms with Gasteiger partial charge in [0.1, 0.15) is 0 Å². The van der Waals surface area contributed by atoms with Crippen LogP contribution in [0.4, 0.5) is 0 Å². The van der Waals surface area contributed by atoms with Gasteiger partial charge < -0.3 is 5.11 Å². The van der Waals surface area contributed by atoms with E-state index in [1.54, 1.807) is 5.57 Å². The fourth-order valence-corrected chi connectivity index (χ4v) is 5.21. The molecule has 2 fully saturated rings. The highest BCUT2D eigenvalue weighted by atomic mass is 16.3. The van der Waals surface area contributed by atoms with E-state index in [9.17, 15) is 5.11 Å². The van der Waals surface area contributed by atoms with Crippen molar-refractivity contribution in [2.24, 2.45) is 23.2 Å². The van der Waals surface area contributed by atoms with Gasteiger partial charge in [-0.25, -0.2) is 0 Å². The molecule has 4 aliphatic carbocycles. The van der Waals surface area contributed by atoms with Crippen LogP contribution >= 0.6 is 0 Å². The van der Waals surface area contributed by atoms with Gasteiger partial charge in [0.15, 0.2) is 0 Å². The first kappa shape index (κ1) is 12.0. The molecule has 1 unspecified atom stereocenters. The van der Waals surface area contributed by atoms with Crippen molar-refractivity contribution < 1.29 is 5.11 Å². The van der Waals surface area contributed by atoms with Crippen LogP contribution in [0.5, 0.6) is 0 Å². The molecule has 4 rings (SSSR count). The number of fused-ring (bicyclic) bond motifs is 5. The Balaban J connectivity index is 1.70. The normalized spacial score (nSPS) is 43.9. The van der Waals surface area contributed by atoms with Crippen LogP contribution in [0.1, 0.15) is 44.9 Å². The number of hydrogen-bond acceptors (Lipinski definition) is 1. The average Bonchev–Trinajstić information content (AvgIpc) is 2.91. The number of aliphatic hydroxyl groups is 1. The molecule has 0 spiro atoms. The summed E-state index contributed by atoms with van der Waals surface area (Å²) in [5, 5.41) is 9.86. The summed E-state index contributed by atoms with van der Waals surface area (Å²) >= 11 is 0. The van der Waals surface area contributed by atoms with Gasteiger partial charge in [-0.3, -0.25) is 0 Å². The maximum Gasteiger partial charge on any atom is 0.0562 e. The molecule has 0 aromatic carbocycles. The molecule has 0 aromatic rings. The summed E-state index contributed by atoms with van der Waals surface area (Å²) < 4.78 is 0. The van der Waals surface area contributed by atoms with Crippen molar-refractivity contribution in [1.82, 2.24) is 0 Å². The molecular formula is C18H24O. The van der Waals surface area contributed by atoms with Crippen LogP contribution in [0.25, 0.3) is 0 Å². The minimum Gasteiger partial charge on any atom is -0.395 e. The van der Waals surface area contributed by atoms with E-state index in [2.05, 4.69) is 24.3 Å². The molecule has 0 saturated heterocycles. The molecule has 102 valence electrons. The van der Waals surface area contributed by atoms with E-state index in [0.29, 0.717) is 0 Å². The molecule has 1 heteroatoms. The molecular weight excluding hydrogens is 232 g/mol. The van der Waals surface area contributed by atoms with E-state index >= 15 is 0 Å². The fraction of sp³-hybridized carbons (Fsp3) is 0.667. The zero-order valence-corrected chi connectivity index (χ0v) is 11.6. The monoisotopic (exact) mass is 256 g/mol. The van der Waals surface area contributed by atoms with Gasteiger partial charge in [0, 0.05) is 5.41 Å². The number of allylic oxidation sites excluding steroid dienone is 4. The Hall–Kier alpha value is -0.820. The summed E-state index contributed by atoms with van der Waals surface area (Å²) in [6, 6.07) is 0. The van der Waals surface area contributed by atoms with E-state index in [1.165, 1.54) is 44.1 Å². The predicted molar refractivity (Wildman–Crippen MR) is 77.6 cm³/mol. The lowest BCUT2D eigenvalue weighted by Crippen LogP contribution is -2.39. The van der Waals surface area contributed by atoms with Crippen molar-refractivity contribution in [3.63, 3.8) is 0 Å². The van der Waals surface area contributed by atoms with Crippen LogP contribution in [-0.4, -0.2) is 11.7 Å². The molecule has 0 aliphatic heterocycles. The van der Waals surface area contributed by atoms with Crippen LogP contribution in [0, 0.1) is 23.2 Å². The third-order valence-electron chi connectivity index (χ3n) is 6.23. The van der Waals surface area contributed by atoms with Crippen molar-refractivity contribution in [3.8, 4) is 0 Å². The van der Waals surface area contributed by atoms with E-state index in [0.717, 1.165) is 24.2 Å². The molecule has 4 atom stereocenters. The zero-order valence-electron chi connectivity index (χ0n) is 11.6. The highest BCUT2D eigenvalue weighted by Crippen LogP contribution is 2.56. The van der Waals surface area contributed by atoms with Gasteiger partial charge in [0.05, 0.1) is 6.61 Å². The van der Waals surface area contributed by atoms with Crippen LogP contribution in [0.2, 0.25) is 0 Å². The van der Waals surface area contributed by atoms with Gasteiger partial charge >= 0.3 is 0 Å². The Morgan fingerprint density at radius 2 is 2.11 bits per heavy atom. The second-order valence-electron chi connectivity index (χ2n) is 7.00. The summed E-state index contributed by atoms with van der Waals surface area (Å²) in [6.45, 7) is 0.285. The van der Waals surface area contributed by atoms with Gasteiger partial charge in [-0.1, -0.05) is 37.1 Å². The highest BCUT2D eigenvalue weighted by Gasteiger charge is 2.46. The Morgan fingerprint density at radius 3 is 3.00 bits per heavy atom. The van der Waals surface area contributed by atoms with Crippen LogP contribution in [0.3, 0.4) is 0 Å². The lowest BCUT2D eigenvalue weighted by molar-refractivity contribution is 0.117. The molecule has 0 heterocycles. The topological polar surface area (TPSA) is 20.2 Å². The van der Waals surface area contributed by atoms with Gasteiger partial charge in [0.25, 0.3) is 0 Å². The third-order valence-corrected chi connectivity index (χ3v) is 6.23. The Kier molecular flexibility index (Phi) is 2.73. The van der Waals surface area contributed by atoms with Gasteiger partial charge in [0.2, 0.25) is 0 Å². The first-order valence-corrected chi connectivity index (χ1v) is 8.05. The van der Waals surface area contributed by atoms with Crippen LogP contribution in [-0.2, 0) is 0 Å². The first-order chi connectivity index (χ1) is 9.34. The smallest absolute Gasteiger partial charge is 0.0562 e. The van der Waals surface area contributed by atoms with E-state index in [1.807, 2.05) is 0 Å². The zero-order chi connectivity index (χ0) is 12.9. The molecule has 2 saturated carbocycles. The third kappa shape index (κ3) is 1.64. The van der Waals surface area contributed by atoms with Gasteiger partial charge in [-0.15, -0.1) is 0 Å². The summed E-state index contributed by atoms with van der Waals surface area (Å²) in [4.78, 5) is 0. The number of hydrogen-bond donors (Lipinski definition) is 1. The minimum atomic E-state index is -0.0240. The number of rotatable bonds is 1. The summed E-state index contributed by atoms with van der Waals surface area (Å²) in [6.07, 6.45) is 18.7. The number of aliphatic hydroxyl groups excluding tert-OH is 1. The second kappa shape index (κ2) is 4.34. The maximum atomic E-state index is 9.86. The average molecular weight is 256 g/mol. The fourth-order valence-electron chi connectivity index (χ4n) is 5.21. The Morgan fingerprint density at radius 1 is 1.21 bits per heavy atom. The van der Waals surface area contributed by atoms with Crippen molar-refractivity contribution in [1.29, 1.82) is 0 Å². The molecule has 1 N–H and O–H groups in total. The summed E-state index contributed by atoms with van der Waals surface area (Å²) in [7, 11) is 0. The van der Waals surface area contributed by atoms with Crippen LogP contribution < -0.4 is 0 Å². The second-order valence-corrected chi connectivity index (χ2v) is 7.00. The van der Waals surface area contributed by atoms with Crippen molar-refractivity contribution >= 4 is 0 Å². The minimum absolute atomic E-state index is 0.0240. The molecule has 19 heavy (non-hydrogen) atoms. The molecule has 4 aliphatic rings. The SMILES string of the molecule is OC[C@@]12C=CC=C1C1=CCC3CCCC[C@@H]3[C@H]1CC2. The lowest BCUT2D eigenvalue weighted by Gasteiger charge is -2.48. The van der Waals surface area contributed by atoms with E-state index in [-0.39, 0.29) is 12.0 Å². The van der Waals surface area contributed by atoms with Crippen molar-refractivity contribution in [3.05, 3.63) is 35.5 Å². The van der Waals surface area contributed by atoms with Crippen molar-refractivity contribution in [2.75, 3.05) is 6.61 Å². The maximum absolute atomic E-state index is 9.86. The Labute approximate surface area is 116 Å². The lowest BCUT2D eigenvalue weighted by atomic mass is 9.56.